The van der Waals surface area contributed by atoms with E-state index in [0.717, 1.165) is 45.4 Å². The van der Waals surface area contributed by atoms with E-state index in [1.807, 2.05) is 18.9 Å². The van der Waals surface area contributed by atoms with Crippen LogP contribution in [0.25, 0.3) is 0 Å². The van der Waals surface area contributed by atoms with Gasteiger partial charge in [0.1, 0.15) is 6.10 Å². The normalized spacial score (nSPS) is 27.2. The minimum absolute atomic E-state index is 0. The van der Waals surface area contributed by atoms with E-state index >= 15 is 0 Å². The highest BCUT2D eigenvalue weighted by molar-refractivity contribution is 5.85. The van der Waals surface area contributed by atoms with E-state index in [4.69, 9.17) is 9.47 Å². The minimum Gasteiger partial charge on any atom is -0.376 e. The fourth-order valence-electron chi connectivity index (χ4n) is 3.07. The van der Waals surface area contributed by atoms with Crippen LogP contribution in [-0.4, -0.2) is 62.4 Å². The van der Waals surface area contributed by atoms with Gasteiger partial charge in [-0.05, 0) is 46.1 Å². The summed E-state index contributed by atoms with van der Waals surface area (Å²) >= 11 is 0. The molecule has 2 aliphatic heterocycles. The Morgan fingerprint density at radius 2 is 2.19 bits per heavy atom. The van der Waals surface area contributed by atoms with Crippen molar-refractivity contribution in [2.45, 2.75) is 57.3 Å². The van der Waals surface area contributed by atoms with Crippen molar-refractivity contribution in [1.82, 2.24) is 10.2 Å². The predicted octanol–water partition coefficient (Wildman–Crippen LogP) is 1.59. The van der Waals surface area contributed by atoms with Crippen molar-refractivity contribution >= 4 is 18.3 Å². The number of amides is 1. The van der Waals surface area contributed by atoms with Gasteiger partial charge in [-0.3, -0.25) is 4.79 Å². The summed E-state index contributed by atoms with van der Waals surface area (Å²) in [5, 5.41) is 3.16. The Hall–Kier alpha value is -0.360. The Labute approximate surface area is 134 Å². The molecule has 6 heteroatoms. The molecular weight excluding hydrogens is 292 g/mol. The molecule has 0 spiro atoms. The SMILES string of the molecule is CNCC1CCCN1C(=O)C(C)OCC1CCCCO1.Cl. The Balaban J connectivity index is 0.00000220. The van der Waals surface area contributed by atoms with Gasteiger partial charge in [0.05, 0.1) is 12.7 Å². The molecule has 0 aromatic heterocycles. The van der Waals surface area contributed by atoms with Gasteiger partial charge >= 0.3 is 0 Å². The lowest BCUT2D eigenvalue weighted by Crippen LogP contribution is -2.46. The maximum atomic E-state index is 12.4. The zero-order valence-corrected chi connectivity index (χ0v) is 14.0. The summed E-state index contributed by atoms with van der Waals surface area (Å²) in [6, 6.07) is 0.324. The highest BCUT2D eigenvalue weighted by Gasteiger charge is 2.31. The summed E-state index contributed by atoms with van der Waals surface area (Å²) < 4.78 is 11.4. The van der Waals surface area contributed by atoms with E-state index in [1.165, 1.54) is 6.42 Å². The number of halogens is 1. The molecule has 2 fully saturated rings. The zero-order chi connectivity index (χ0) is 14.4. The van der Waals surface area contributed by atoms with Gasteiger partial charge in [-0.1, -0.05) is 0 Å². The molecule has 0 aromatic rings. The largest absolute Gasteiger partial charge is 0.376 e. The zero-order valence-electron chi connectivity index (χ0n) is 13.2. The van der Waals surface area contributed by atoms with Crippen molar-refractivity contribution in [1.29, 1.82) is 0 Å². The molecule has 0 radical (unpaired) electrons. The number of carbonyl (C=O) groups excluding carboxylic acids is 1. The second kappa shape index (κ2) is 9.62. The van der Waals surface area contributed by atoms with Gasteiger partial charge in [-0.2, -0.15) is 0 Å². The summed E-state index contributed by atoms with van der Waals surface area (Å²) in [7, 11) is 1.93. The van der Waals surface area contributed by atoms with E-state index in [0.29, 0.717) is 12.6 Å². The summed E-state index contributed by atoms with van der Waals surface area (Å²) in [6.45, 7) is 4.95. The average molecular weight is 321 g/mol. The number of hydrogen-bond acceptors (Lipinski definition) is 4. The summed E-state index contributed by atoms with van der Waals surface area (Å²) in [5.41, 5.74) is 0. The van der Waals surface area contributed by atoms with Crippen LogP contribution in [0.2, 0.25) is 0 Å². The van der Waals surface area contributed by atoms with Crippen LogP contribution in [0.4, 0.5) is 0 Å². The first-order valence-electron chi connectivity index (χ1n) is 7.90. The van der Waals surface area contributed by atoms with Crippen molar-refractivity contribution in [3.05, 3.63) is 0 Å². The fourth-order valence-corrected chi connectivity index (χ4v) is 3.07. The fraction of sp³-hybridized carbons (Fsp3) is 0.933. The van der Waals surface area contributed by atoms with Crippen molar-refractivity contribution in [2.75, 3.05) is 33.4 Å². The third kappa shape index (κ3) is 5.40. The molecule has 2 aliphatic rings. The van der Waals surface area contributed by atoms with Crippen LogP contribution >= 0.6 is 12.4 Å². The maximum Gasteiger partial charge on any atom is 0.251 e. The lowest BCUT2D eigenvalue weighted by molar-refractivity contribution is -0.146. The molecule has 5 nitrogen and oxygen atoms in total. The summed E-state index contributed by atoms with van der Waals surface area (Å²) in [6.07, 6.45) is 5.38. The third-order valence-electron chi connectivity index (χ3n) is 4.25. The summed E-state index contributed by atoms with van der Waals surface area (Å²) in [4.78, 5) is 14.4. The predicted molar refractivity (Wildman–Crippen MR) is 84.9 cm³/mol. The quantitative estimate of drug-likeness (QED) is 0.807. The molecule has 0 saturated carbocycles. The third-order valence-corrected chi connectivity index (χ3v) is 4.25. The Morgan fingerprint density at radius 3 is 2.86 bits per heavy atom. The van der Waals surface area contributed by atoms with E-state index in [-0.39, 0.29) is 30.5 Å². The molecule has 2 rings (SSSR count). The highest BCUT2D eigenvalue weighted by Crippen LogP contribution is 2.19. The Kier molecular flexibility index (Phi) is 8.56. The van der Waals surface area contributed by atoms with Crippen molar-refractivity contribution in [2.24, 2.45) is 0 Å². The van der Waals surface area contributed by atoms with Crippen LogP contribution in [-0.2, 0) is 14.3 Å². The van der Waals surface area contributed by atoms with E-state index in [1.54, 1.807) is 0 Å². The number of likely N-dealkylation sites (N-methyl/N-ethyl adjacent to an activating group) is 1. The molecule has 2 saturated heterocycles. The number of nitrogens with zero attached hydrogens (tertiary/aromatic N) is 1. The van der Waals surface area contributed by atoms with Crippen LogP contribution in [0.1, 0.15) is 39.0 Å². The van der Waals surface area contributed by atoms with Gasteiger partial charge in [-0.25, -0.2) is 0 Å². The van der Waals surface area contributed by atoms with Gasteiger partial charge in [0.25, 0.3) is 5.91 Å². The Bertz CT molecular complexity index is 311. The molecule has 0 aliphatic carbocycles. The number of ether oxygens (including phenoxy) is 2. The molecule has 1 amide bonds. The monoisotopic (exact) mass is 320 g/mol. The lowest BCUT2D eigenvalue weighted by Gasteiger charge is -2.29. The molecule has 21 heavy (non-hydrogen) atoms. The molecule has 2 heterocycles. The first kappa shape index (κ1) is 18.7. The smallest absolute Gasteiger partial charge is 0.251 e. The van der Waals surface area contributed by atoms with Crippen molar-refractivity contribution in [3.63, 3.8) is 0 Å². The van der Waals surface area contributed by atoms with E-state index < -0.39 is 0 Å². The molecule has 0 aromatic carbocycles. The van der Waals surface area contributed by atoms with Gasteiger partial charge in [0.15, 0.2) is 0 Å². The molecule has 1 N–H and O–H groups in total. The molecule has 3 atom stereocenters. The van der Waals surface area contributed by atoms with Crippen LogP contribution in [0.15, 0.2) is 0 Å². The number of carbonyl (C=O) groups is 1. The maximum absolute atomic E-state index is 12.4. The number of likely N-dealkylation sites (tertiary alicyclic amines) is 1. The van der Waals surface area contributed by atoms with Crippen LogP contribution in [0.3, 0.4) is 0 Å². The van der Waals surface area contributed by atoms with Gasteiger partial charge < -0.3 is 19.7 Å². The lowest BCUT2D eigenvalue weighted by atomic mass is 10.1. The highest BCUT2D eigenvalue weighted by atomic mass is 35.5. The topological polar surface area (TPSA) is 50.8 Å². The van der Waals surface area contributed by atoms with Crippen molar-refractivity contribution in [3.8, 4) is 0 Å². The number of nitrogens with one attached hydrogen (secondary N) is 1. The van der Waals surface area contributed by atoms with E-state index in [2.05, 4.69) is 5.32 Å². The second-order valence-corrected chi connectivity index (χ2v) is 5.85. The minimum atomic E-state index is -0.363. The van der Waals surface area contributed by atoms with Crippen LogP contribution in [0, 0.1) is 0 Å². The van der Waals surface area contributed by atoms with E-state index in [9.17, 15) is 4.79 Å². The molecule has 0 bridgehead atoms. The first-order chi connectivity index (χ1) is 9.72. The van der Waals surface area contributed by atoms with Gasteiger partial charge in [-0.15, -0.1) is 12.4 Å². The number of hydrogen-bond donors (Lipinski definition) is 1. The molecule has 124 valence electrons. The van der Waals surface area contributed by atoms with Gasteiger partial charge in [0.2, 0.25) is 0 Å². The average Bonchev–Trinajstić information content (AvgIpc) is 2.93. The second-order valence-electron chi connectivity index (χ2n) is 5.85. The van der Waals surface area contributed by atoms with Crippen molar-refractivity contribution < 1.29 is 14.3 Å². The van der Waals surface area contributed by atoms with Gasteiger partial charge in [0, 0.05) is 25.7 Å². The first-order valence-corrected chi connectivity index (χ1v) is 7.90. The number of rotatable bonds is 6. The van der Waals surface area contributed by atoms with Crippen LogP contribution < -0.4 is 5.32 Å². The molecular formula is C15H29ClN2O3. The summed E-state index contributed by atoms with van der Waals surface area (Å²) in [5.74, 6) is 0.124. The molecule has 3 unspecified atom stereocenters. The standard InChI is InChI=1S/C15H28N2O3.ClH/c1-12(20-11-14-7-3-4-9-19-14)15(18)17-8-5-6-13(17)10-16-2;/h12-14,16H,3-11H2,1-2H3;1H. The Morgan fingerprint density at radius 1 is 1.38 bits per heavy atom. The van der Waals surface area contributed by atoms with Crippen LogP contribution in [0.5, 0.6) is 0 Å².